The van der Waals surface area contributed by atoms with Gasteiger partial charge in [0.25, 0.3) is 10.0 Å². The highest BCUT2D eigenvalue weighted by molar-refractivity contribution is 7.91. The van der Waals surface area contributed by atoms with Crippen LogP contribution in [-0.2, 0) is 21.0 Å². The topological polar surface area (TPSA) is 110 Å². The number of carboxylic acid groups (broad SMARTS) is 1. The number of halogens is 3. The molecule has 1 aliphatic rings. The summed E-state index contributed by atoms with van der Waals surface area (Å²) in [6.07, 6.45) is -4.34. The van der Waals surface area contributed by atoms with Gasteiger partial charge in [-0.25, -0.2) is 8.42 Å². The molecular formula is C12H9F3N2O5S2. The Hall–Kier alpha value is -1.92. The first-order chi connectivity index (χ1) is 11.0. The van der Waals surface area contributed by atoms with Crippen molar-refractivity contribution in [3.63, 3.8) is 0 Å². The number of alkyl halides is 3. The number of hydrogen-bond donors (Lipinski definition) is 2. The summed E-state index contributed by atoms with van der Waals surface area (Å²) >= 11 is 0.664. The Morgan fingerprint density at radius 2 is 2.04 bits per heavy atom. The van der Waals surface area contributed by atoms with Crippen LogP contribution in [0.1, 0.15) is 18.6 Å². The first-order valence-corrected chi connectivity index (χ1v) is 8.75. The lowest BCUT2D eigenvalue weighted by Gasteiger charge is -2.11. The maximum Gasteiger partial charge on any atom is 0.452 e. The fraction of sp³-hybridized carbons (Fsp3) is 0.333. The van der Waals surface area contributed by atoms with Crippen molar-refractivity contribution in [3.05, 3.63) is 24.0 Å². The molecule has 3 rings (SSSR count). The largest absolute Gasteiger partial charge is 0.480 e. The Bertz CT molecular complexity index is 896. The number of aliphatic carboxylic acids is 1. The molecule has 0 spiro atoms. The van der Waals surface area contributed by atoms with Gasteiger partial charge in [-0.15, -0.1) is 11.3 Å². The molecule has 0 atom stereocenters. The number of hydrogen-bond acceptors (Lipinski definition) is 6. The molecule has 12 heteroatoms. The van der Waals surface area contributed by atoms with E-state index >= 15 is 0 Å². The molecule has 1 aliphatic carbocycles. The summed E-state index contributed by atoms with van der Waals surface area (Å²) in [4.78, 5) is 11.2. The van der Waals surface area contributed by atoms with Crippen molar-refractivity contribution in [2.45, 2.75) is 28.8 Å². The van der Waals surface area contributed by atoms with Gasteiger partial charge in [-0.05, 0) is 25.0 Å². The van der Waals surface area contributed by atoms with E-state index in [0.29, 0.717) is 17.4 Å². The van der Waals surface area contributed by atoms with Gasteiger partial charge in [-0.2, -0.15) is 17.9 Å². The molecule has 0 amide bonds. The average Bonchev–Trinajstić information content (AvgIpc) is 2.94. The van der Waals surface area contributed by atoms with E-state index in [4.69, 9.17) is 5.11 Å². The van der Waals surface area contributed by atoms with Gasteiger partial charge >= 0.3 is 12.1 Å². The Kier molecular flexibility index (Phi) is 3.73. The third-order valence-corrected chi connectivity index (χ3v) is 6.51. The summed E-state index contributed by atoms with van der Waals surface area (Å²) in [5.41, 5.74) is -1.66. The number of aromatic nitrogens is 1. The SMILES string of the molecule is O=C(O)C1(NS(=O)(=O)c2ccc(-c3cc(C(F)(F)F)on3)s2)CC1. The molecule has 0 bridgehead atoms. The summed E-state index contributed by atoms with van der Waals surface area (Å²) in [7, 11) is -4.10. The second-order valence-corrected chi connectivity index (χ2v) is 8.18. The zero-order chi connectivity index (χ0) is 17.8. The second-order valence-electron chi connectivity index (χ2n) is 5.19. The third-order valence-electron chi connectivity index (χ3n) is 3.38. The Labute approximate surface area is 137 Å². The number of thiophene rings is 1. The van der Waals surface area contributed by atoms with E-state index in [2.05, 4.69) is 14.4 Å². The molecule has 2 heterocycles. The third kappa shape index (κ3) is 3.03. The van der Waals surface area contributed by atoms with E-state index in [1.165, 1.54) is 12.1 Å². The van der Waals surface area contributed by atoms with Gasteiger partial charge in [0.15, 0.2) is 0 Å². The van der Waals surface area contributed by atoms with Crippen LogP contribution in [0.15, 0.2) is 26.9 Å². The molecule has 1 fully saturated rings. The van der Waals surface area contributed by atoms with Gasteiger partial charge in [0, 0.05) is 6.07 Å². The van der Waals surface area contributed by atoms with Crippen LogP contribution in [0.3, 0.4) is 0 Å². The predicted molar refractivity (Wildman–Crippen MR) is 74.7 cm³/mol. The standard InChI is InChI=1S/C12H9F3N2O5S2/c13-12(14,15)8-5-6(16-22-8)7-1-2-9(23-7)24(20,21)17-11(3-4-11)10(18)19/h1-2,5,17H,3-4H2,(H,18,19). The first kappa shape index (κ1) is 16.9. The highest BCUT2D eigenvalue weighted by atomic mass is 32.2. The number of rotatable bonds is 5. The van der Waals surface area contributed by atoms with E-state index in [1.54, 1.807) is 0 Å². The van der Waals surface area contributed by atoms with E-state index in [-0.39, 0.29) is 27.6 Å². The lowest BCUT2D eigenvalue weighted by Crippen LogP contribution is -2.42. The molecule has 0 radical (unpaired) electrons. The molecule has 130 valence electrons. The molecule has 1 saturated carbocycles. The normalized spacial score (nSPS) is 17.0. The van der Waals surface area contributed by atoms with Crippen LogP contribution < -0.4 is 4.72 Å². The molecule has 24 heavy (non-hydrogen) atoms. The van der Waals surface area contributed by atoms with Gasteiger partial charge in [-0.3, -0.25) is 4.79 Å². The van der Waals surface area contributed by atoms with E-state index in [0.717, 1.165) is 0 Å². The maximum absolute atomic E-state index is 12.5. The number of nitrogens with zero attached hydrogens (tertiary/aromatic N) is 1. The molecule has 0 aliphatic heterocycles. The molecule has 0 aromatic carbocycles. The van der Waals surface area contributed by atoms with Gasteiger partial charge in [0.05, 0.1) is 4.88 Å². The molecule has 2 aromatic rings. The van der Waals surface area contributed by atoms with Crippen LogP contribution >= 0.6 is 11.3 Å². The highest BCUT2D eigenvalue weighted by Gasteiger charge is 2.53. The molecule has 7 nitrogen and oxygen atoms in total. The lowest BCUT2D eigenvalue weighted by molar-refractivity contribution is -0.155. The maximum atomic E-state index is 12.5. The van der Waals surface area contributed by atoms with Crippen LogP contribution in [0.4, 0.5) is 13.2 Å². The molecule has 0 saturated heterocycles. The minimum Gasteiger partial charge on any atom is -0.480 e. The van der Waals surface area contributed by atoms with Crippen molar-refractivity contribution < 1.29 is 36.0 Å². The summed E-state index contributed by atoms with van der Waals surface area (Å²) in [5, 5.41) is 12.3. The van der Waals surface area contributed by atoms with E-state index < -0.39 is 33.5 Å². The lowest BCUT2D eigenvalue weighted by atomic mass is 10.3. The summed E-state index contributed by atoms with van der Waals surface area (Å²) in [6, 6.07) is 3.11. The fourth-order valence-electron chi connectivity index (χ4n) is 1.92. The van der Waals surface area contributed by atoms with Crippen molar-refractivity contribution in [1.29, 1.82) is 0 Å². The monoisotopic (exact) mass is 382 g/mol. The van der Waals surface area contributed by atoms with Gasteiger partial charge in [-0.1, -0.05) is 5.16 Å². The highest BCUT2D eigenvalue weighted by Crippen LogP contribution is 2.39. The van der Waals surface area contributed by atoms with Gasteiger partial charge in [0.2, 0.25) is 5.76 Å². The van der Waals surface area contributed by atoms with E-state index in [1.807, 2.05) is 0 Å². The van der Waals surface area contributed by atoms with Crippen LogP contribution in [-0.4, -0.2) is 30.2 Å². The molecular weight excluding hydrogens is 373 g/mol. The summed E-state index contributed by atoms with van der Waals surface area (Å²) < 4.78 is 68.0. The van der Waals surface area contributed by atoms with Crippen LogP contribution in [0.25, 0.3) is 10.6 Å². The Balaban J connectivity index is 1.85. The van der Waals surface area contributed by atoms with Crippen molar-refractivity contribution in [2.24, 2.45) is 0 Å². The van der Waals surface area contributed by atoms with E-state index in [9.17, 15) is 26.4 Å². The fourth-order valence-corrected chi connectivity index (χ4v) is 4.60. The smallest absolute Gasteiger partial charge is 0.452 e. The predicted octanol–water partition coefficient (Wildman–Crippen LogP) is 2.32. The van der Waals surface area contributed by atoms with Crippen LogP contribution in [0.5, 0.6) is 0 Å². The number of carbonyl (C=O) groups is 1. The average molecular weight is 382 g/mol. The van der Waals surface area contributed by atoms with Crippen molar-refractivity contribution in [3.8, 4) is 10.6 Å². The summed E-state index contributed by atoms with van der Waals surface area (Å²) in [6.45, 7) is 0. The second kappa shape index (κ2) is 5.29. The van der Waals surface area contributed by atoms with Crippen molar-refractivity contribution >= 4 is 27.3 Å². The minimum absolute atomic E-state index is 0.148. The van der Waals surface area contributed by atoms with Crippen molar-refractivity contribution in [2.75, 3.05) is 0 Å². The minimum atomic E-state index is -4.70. The molecule has 0 unspecified atom stereocenters. The summed E-state index contributed by atoms with van der Waals surface area (Å²) in [5.74, 6) is -2.56. The number of sulfonamides is 1. The Morgan fingerprint density at radius 3 is 2.54 bits per heavy atom. The van der Waals surface area contributed by atoms with Crippen LogP contribution in [0, 0.1) is 0 Å². The molecule has 2 aromatic heterocycles. The van der Waals surface area contributed by atoms with Crippen LogP contribution in [0.2, 0.25) is 0 Å². The van der Waals surface area contributed by atoms with Gasteiger partial charge < -0.3 is 9.63 Å². The Morgan fingerprint density at radius 1 is 1.38 bits per heavy atom. The zero-order valence-electron chi connectivity index (χ0n) is 11.6. The zero-order valence-corrected chi connectivity index (χ0v) is 13.3. The number of nitrogens with one attached hydrogen (secondary N) is 1. The molecule has 2 N–H and O–H groups in total. The quantitative estimate of drug-likeness (QED) is 0.821. The van der Waals surface area contributed by atoms with Gasteiger partial charge in [0.1, 0.15) is 15.4 Å². The number of carboxylic acids is 1. The van der Waals surface area contributed by atoms with Crippen molar-refractivity contribution in [1.82, 2.24) is 9.88 Å². The first-order valence-electron chi connectivity index (χ1n) is 6.45.